The molecule has 29 nitrogen and oxygen atoms in total. The zero-order valence-electron chi connectivity index (χ0n) is 48.1. The summed E-state index contributed by atoms with van der Waals surface area (Å²) in [6.45, 7) is 12.0. The van der Waals surface area contributed by atoms with E-state index in [0.717, 1.165) is 6.42 Å². The molecule has 1 saturated heterocycles. The molecule has 458 valence electrons. The molecule has 10 atom stereocenters. The number of aromatic nitrogens is 2. The van der Waals surface area contributed by atoms with Crippen molar-refractivity contribution < 1.29 is 48.3 Å². The summed E-state index contributed by atoms with van der Waals surface area (Å²) in [5.41, 5.74) is 23.0. The van der Waals surface area contributed by atoms with Gasteiger partial charge in [-0.25, -0.2) is 9.78 Å². The minimum absolute atomic E-state index is 0.0168. The first-order chi connectivity index (χ1) is 38.4. The number of nitrogens with two attached hydrogens (primary N) is 4. The number of aromatic amines is 1. The molecule has 23 N–H and O–H groups in total. The number of nitrogens with one attached hydrogen (secondary N) is 14. The van der Waals surface area contributed by atoms with Crippen molar-refractivity contribution in [3.05, 3.63) is 18.2 Å². The van der Waals surface area contributed by atoms with Gasteiger partial charge in [-0.15, -0.1) is 0 Å². The van der Waals surface area contributed by atoms with Crippen molar-refractivity contribution in [1.29, 1.82) is 10.8 Å². The summed E-state index contributed by atoms with van der Waals surface area (Å²) in [6, 6.07) is -10.6. The molecule has 0 saturated carbocycles. The highest BCUT2D eigenvalue weighted by molar-refractivity contribution is 5.98. The molecular weight excluding hydrogens is 1050 g/mol. The first-order valence-electron chi connectivity index (χ1n) is 28.3. The molecule has 0 radical (unpaired) electrons. The van der Waals surface area contributed by atoms with Crippen LogP contribution in [0, 0.1) is 28.6 Å². The van der Waals surface area contributed by atoms with Gasteiger partial charge < -0.3 is 91.5 Å². The predicted molar refractivity (Wildman–Crippen MR) is 304 cm³/mol. The Balaban J connectivity index is 2.52. The van der Waals surface area contributed by atoms with Crippen molar-refractivity contribution in [1.82, 2.24) is 68.5 Å². The van der Waals surface area contributed by atoms with Crippen LogP contribution in [-0.2, 0) is 49.6 Å². The van der Waals surface area contributed by atoms with Gasteiger partial charge in [0, 0.05) is 25.7 Å². The topological polar surface area (TPSA) is 487 Å². The molecule has 0 bridgehead atoms. The van der Waals surface area contributed by atoms with E-state index in [9.17, 15) is 48.3 Å². The van der Waals surface area contributed by atoms with Gasteiger partial charge in [-0.1, -0.05) is 48.0 Å². The van der Waals surface area contributed by atoms with Crippen molar-refractivity contribution in [2.45, 2.75) is 192 Å². The van der Waals surface area contributed by atoms with E-state index in [2.05, 4.69) is 68.5 Å². The monoisotopic (exact) mass is 1150 g/mol. The van der Waals surface area contributed by atoms with Gasteiger partial charge in [0.15, 0.2) is 11.9 Å². The highest BCUT2D eigenvalue weighted by Gasteiger charge is 2.37. The maximum absolute atomic E-state index is 14.5. The molecule has 0 aliphatic carbocycles. The lowest BCUT2D eigenvalue weighted by Crippen LogP contribution is -2.61. The first kappa shape index (κ1) is 70.0. The number of nitrogens with zero attached hydrogens (tertiary/aromatic N) is 1. The van der Waals surface area contributed by atoms with Gasteiger partial charge in [0.2, 0.25) is 47.3 Å². The zero-order valence-corrected chi connectivity index (χ0v) is 48.1. The summed E-state index contributed by atoms with van der Waals surface area (Å²) in [5, 5.41) is 55.2. The molecule has 0 unspecified atom stereocenters. The molecule has 81 heavy (non-hydrogen) atoms. The first-order valence-corrected chi connectivity index (χ1v) is 28.3. The van der Waals surface area contributed by atoms with Crippen LogP contribution in [0.2, 0.25) is 0 Å². The Morgan fingerprint density at radius 1 is 0.617 bits per heavy atom. The standard InChI is InChI=1S/C52H95N19O10/c1-7-31(6)41(71-48(78)39(26-32-27-59-28-63-32)69-47(77)38(25-29(2)3)68-42(72)33-17-12-22-60-33)49(79)67-34(15-8-10-20-53)43(73)65-37(19-14-24-62-52(57)58)45(75)66-36(18-13-23-61-51(55)56)44(74)64-35(16-9-11-21-54)46(76)70-40(30(4)5)50(80)81/h27-31,33-41,60H,7-26,53-54H2,1-6H3,(H,59,63)(H,64,74)(H,65,73)(H,66,75)(H,67,79)(H,68,72)(H,69,77)(H,70,76)(H,71,78)(H,80,81)(H4,55,56,61)(H4,57,58,62)/t31-,33-,34-,35-,36-,37-,38-,39-,40-,41-/m0/s1. The molecule has 0 aromatic carbocycles. The minimum Gasteiger partial charge on any atom is -0.480 e. The Morgan fingerprint density at radius 2 is 1.06 bits per heavy atom. The normalized spacial score (nSPS) is 16.4. The van der Waals surface area contributed by atoms with Gasteiger partial charge in [0.05, 0.1) is 18.1 Å². The van der Waals surface area contributed by atoms with E-state index in [1.165, 1.54) is 6.33 Å². The van der Waals surface area contributed by atoms with E-state index in [4.69, 9.17) is 33.8 Å². The Kier molecular flexibility index (Phi) is 32.6. The second kappa shape index (κ2) is 37.7. The minimum atomic E-state index is -1.38. The number of amides is 8. The molecule has 0 spiro atoms. The van der Waals surface area contributed by atoms with E-state index in [0.29, 0.717) is 50.8 Å². The van der Waals surface area contributed by atoms with Gasteiger partial charge in [-0.3, -0.25) is 49.2 Å². The van der Waals surface area contributed by atoms with Crippen molar-refractivity contribution in [3.8, 4) is 0 Å². The lowest BCUT2D eigenvalue weighted by Gasteiger charge is -2.30. The number of imidazole rings is 1. The van der Waals surface area contributed by atoms with E-state index in [1.54, 1.807) is 33.9 Å². The van der Waals surface area contributed by atoms with Gasteiger partial charge in [-0.2, -0.15) is 0 Å². The lowest BCUT2D eigenvalue weighted by molar-refractivity contribution is -0.143. The summed E-state index contributed by atoms with van der Waals surface area (Å²) >= 11 is 0. The van der Waals surface area contributed by atoms with Crippen molar-refractivity contribution >= 4 is 65.1 Å². The molecule has 1 aromatic heterocycles. The number of carboxylic acid groups (broad SMARTS) is 1. The Labute approximate surface area is 475 Å². The average Bonchev–Trinajstić information content (AvgIpc) is 4.17. The van der Waals surface area contributed by atoms with Crippen LogP contribution in [0.25, 0.3) is 0 Å². The number of carbonyl (C=O) groups excluding carboxylic acids is 8. The largest absolute Gasteiger partial charge is 0.480 e. The maximum Gasteiger partial charge on any atom is 0.326 e. The van der Waals surface area contributed by atoms with E-state index >= 15 is 0 Å². The number of aliphatic carboxylic acids is 1. The summed E-state index contributed by atoms with van der Waals surface area (Å²) < 4.78 is 0. The Bertz CT molecular complexity index is 2180. The highest BCUT2D eigenvalue weighted by Crippen LogP contribution is 2.15. The number of hydrogen-bond acceptors (Lipinski definition) is 15. The van der Waals surface area contributed by atoms with Crippen LogP contribution in [0.1, 0.15) is 137 Å². The zero-order chi connectivity index (χ0) is 60.6. The third-order valence-electron chi connectivity index (χ3n) is 13.7. The van der Waals surface area contributed by atoms with Crippen LogP contribution in [-0.4, -0.2) is 167 Å². The fourth-order valence-corrected chi connectivity index (χ4v) is 8.90. The van der Waals surface area contributed by atoms with Crippen LogP contribution in [0.15, 0.2) is 12.5 Å². The molecular formula is C52H95N19O10. The van der Waals surface area contributed by atoms with Crippen molar-refractivity contribution in [2.75, 3.05) is 32.7 Å². The summed E-state index contributed by atoms with van der Waals surface area (Å²) in [7, 11) is 0. The third-order valence-corrected chi connectivity index (χ3v) is 13.7. The Morgan fingerprint density at radius 3 is 1.47 bits per heavy atom. The SMILES string of the molecule is CC[C@H](C)[C@H](NC(=O)[C@H](Cc1c[nH]cn1)NC(=O)[C@H](CC(C)C)NC(=O)[C@@H]1CCCN1)C(=O)N[C@@H](CCCCN)C(=O)N[C@@H](CCCNC(=N)N)C(=O)N[C@@H](CCCNC(=N)N)C(=O)N[C@@H](CCCCN)C(=O)N[C@H](C(=O)O)C(C)C. The number of unbranched alkanes of at least 4 members (excludes halogenated alkanes) is 2. The molecule has 1 fully saturated rings. The third kappa shape index (κ3) is 26.8. The number of rotatable bonds is 40. The second-order valence-electron chi connectivity index (χ2n) is 21.4. The van der Waals surface area contributed by atoms with Crippen LogP contribution in [0.3, 0.4) is 0 Å². The Hall–Kier alpha value is -7.14. The fraction of sp³-hybridized carbons (Fsp3) is 0.731. The van der Waals surface area contributed by atoms with Gasteiger partial charge in [0.1, 0.15) is 48.3 Å². The number of H-pyrrole nitrogens is 1. The summed E-state index contributed by atoms with van der Waals surface area (Å²) in [6.07, 6.45) is 6.91. The van der Waals surface area contributed by atoms with Crippen LogP contribution in [0.5, 0.6) is 0 Å². The summed E-state index contributed by atoms with van der Waals surface area (Å²) in [5.74, 6) is -8.66. The molecule has 2 rings (SSSR count). The molecule has 8 amide bonds. The second-order valence-corrected chi connectivity index (χ2v) is 21.4. The van der Waals surface area contributed by atoms with Gasteiger partial charge in [0.25, 0.3) is 0 Å². The van der Waals surface area contributed by atoms with E-state index < -0.39 is 114 Å². The van der Waals surface area contributed by atoms with Gasteiger partial charge >= 0.3 is 5.97 Å². The number of carbonyl (C=O) groups is 9. The molecule has 29 heteroatoms. The molecule has 2 heterocycles. The number of carboxylic acids is 1. The lowest BCUT2D eigenvalue weighted by atomic mass is 9.96. The number of guanidine groups is 2. The van der Waals surface area contributed by atoms with Crippen LogP contribution in [0.4, 0.5) is 0 Å². The van der Waals surface area contributed by atoms with Crippen molar-refractivity contribution in [3.63, 3.8) is 0 Å². The average molecular weight is 1150 g/mol. The quantitative estimate of drug-likeness (QED) is 0.0179. The van der Waals surface area contributed by atoms with E-state index in [-0.39, 0.29) is 101 Å². The highest BCUT2D eigenvalue weighted by atomic mass is 16.4. The maximum atomic E-state index is 14.5. The molecule has 1 aliphatic rings. The van der Waals surface area contributed by atoms with Crippen LogP contribution >= 0.6 is 0 Å². The van der Waals surface area contributed by atoms with Crippen molar-refractivity contribution in [2.24, 2.45) is 40.7 Å². The molecule has 1 aliphatic heterocycles. The van der Waals surface area contributed by atoms with E-state index in [1.807, 2.05) is 13.8 Å². The predicted octanol–water partition coefficient (Wildman–Crippen LogP) is -2.80. The van der Waals surface area contributed by atoms with Crippen LogP contribution < -0.4 is 81.4 Å². The fourth-order valence-electron chi connectivity index (χ4n) is 8.90. The molecule has 1 aromatic rings. The number of hydrogen-bond donors (Lipinski definition) is 19. The van der Waals surface area contributed by atoms with Gasteiger partial charge in [-0.05, 0) is 121 Å². The smallest absolute Gasteiger partial charge is 0.326 e. The summed E-state index contributed by atoms with van der Waals surface area (Å²) in [4.78, 5) is 132.